The van der Waals surface area contributed by atoms with Gasteiger partial charge in [-0.15, -0.1) is 0 Å². The third kappa shape index (κ3) is 3.34. The van der Waals surface area contributed by atoms with E-state index in [2.05, 4.69) is 10.1 Å². The molecule has 6 heteroatoms. The number of methoxy groups -OCH3 is 1. The van der Waals surface area contributed by atoms with Gasteiger partial charge >= 0.3 is 0 Å². The van der Waals surface area contributed by atoms with Crippen LogP contribution in [0.3, 0.4) is 0 Å². The molecule has 0 saturated heterocycles. The minimum atomic E-state index is 0.415. The Morgan fingerprint density at radius 3 is 2.69 bits per heavy atom. The zero-order valence-corrected chi connectivity index (χ0v) is 14.8. The van der Waals surface area contributed by atoms with E-state index in [1.165, 1.54) is 0 Å². The Morgan fingerprint density at radius 2 is 1.88 bits per heavy atom. The Balaban J connectivity index is 1.62. The van der Waals surface area contributed by atoms with E-state index in [0.717, 1.165) is 28.2 Å². The van der Waals surface area contributed by atoms with Gasteiger partial charge in [0, 0.05) is 11.6 Å². The molecule has 0 bridgehead atoms. The second-order valence-corrected chi connectivity index (χ2v) is 6.11. The number of benzene rings is 2. The van der Waals surface area contributed by atoms with Gasteiger partial charge < -0.3 is 9.47 Å². The molecular weight excluding hydrogens is 350 g/mol. The van der Waals surface area contributed by atoms with Crippen LogP contribution in [0.5, 0.6) is 11.5 Å². The van der Waals surface area contributed by atoms with Crippen molar-refractivity contribution in [2.45, 2.75) is 6.61 Å². The Bertz CT molecular complexity index is 1050. The van der Waals surface area contributed by atoms with E-state index in [9.17, 15) is 0 Å². The lowest BCUT2D eigenvalue weighted by Crippen LogP contribution is -1.96. The summed E-state index contributed by atoms with van der Waals surface area (Å²) in [4.78, 5) is 4.58. The van der Waals surface area contributed by atoms with Crippen LogP contribution < -0.4 is 9.47 Å². The maximum absolute atomic E-state index is 5.94. The molecule has 26 heavy (non-hydrogen) atoms. The molecule has 4 rings (SSSR count). The van der Waals surface area contributed by atoms with Gasteiger partial charge in [-0.1, -0.05) is 41.9 Å². The van der Waals surface area contributed by atoms with Crippen molar-refractivity contribution < 1.29 is 9.47 Å². The number of imidazole rings is 1. The normalized spacial score (nSPS) is 10.8. The number of hydrogen-bond acceptors (Lipinski definition) is 4. The lowest BCUT2D eigenvalue weighted by atomic mass is 10.1. The maximum atomic E-state index is 5.94. The van der Waals surface area contributed by atoms with Gasteiger partial charge in [0.05, 0.1) is 19.0 Å². The lowest BCUT2D eigenvalue weighted by molar-refractivity contribution is 0.304. The van der Waals surface area contributed by atoms with E-state index < -0.39 is 0 Å². The first-order valence-electron chi connectivity index (χ1n) is 8.10. The largest absolute Gasteiger partial charge is 0.496 e. The molecule has 0 aliphatic heterocycles. The number of fused-ring (bicyclic) bond motifs is 1. The number of ether oxygens (including phenoxy) is 2. The van der Waals surface area contributed by atoms with Crippen LogP contribution in [0, 0.1) is 0 Å². The fraction of sp³-hybridized carbons (Fsp3) is 0.100. The first-order chi connectivity index (χ1) is 12.7. The molecule has 0 saturated carbocycles. The molecule has 0 aliphatic rings. The monoisotopic (exact) mass is 365 g/mol. The lowest BCUT2D eigenvalue weighted by Gasteiger charge is -2.10. The fourth-order valence-electron chi connectivity index (χ4n) is 2.70. The molecule has 2 heterocycles. The van der Waals surface area contributed by atoms with Crippen LogP contribution in [0.1, 0.15) is 5.56 Å². The summed E-state index contributed by atoms with van der Waals surface area (Å²) in [5.41, 5.74) is 3.45. The summed E-state index contributed by atoms with van der Waals surface area (Å²) < 4.78 is 13.1. The molecule has 130 valence electrons. The summed E-state index contributed by atoms with van der Waals surface area (Å²) in [6.07, 6.45) is 1.82. The highest BCUT2D eigenvalue weighted by Gasteiger charge is 2.12. The molecule has 4 aromatic rings. The van der Waals surface area contributed by atoms with Crippen molar-refractivity contribution in [3.63, 3.8) is 0 Å². The Labute approximate surface area is 155 Å². The minimum absolute atomic E-state index is 0.415. The summed E-state index contributed by atoms with van der Waals surface area (Å²) in [7, 11) is 1.63. The van der Waals surface area contributed by atoms with Gasteiger partial charge in [0.1, 0.15) is 23.3 Å². The van der Waals surface area contributed by atoms with Crippen molar-refractivity contribution in [2.75, 3.05) is 7.11 Å². The number of nitrogens with zero attached hydrogens (tertiary/aromatic N) is 3. The van der Waals surface area contributed by atoms with E-state index in [4.69, 9.17) is 21.1 Å². The van der Waals surface area contributed by atoms with Crippen LogP contribution in [0.25, 0.3) is 16.9 Å². The average molecular weight is 366 g/mol. The molecule has 0 spiro atoms. The van der Waals surface area contributed by atoms with Gasteiger partial charge in [0.15, 0.2) is 5.65 Å². The highest BCUT2D eigenvalue weighted by molar-refractivity contribution is 6.29. The first kappa shape index (κ1) is 16.4. The average Bonchev–Trinajstić information content (AvgIpc) is 3.09. The molecule has 5 nitrogen and oxygen atoms in total. The fourth-order valence-corrected chi connectivity index (χ4v) is 2.85. The van der Waals surface area contributed by atoms with Crippen molar-refractivity contribution in [1.82, 2.24) is 14.6 Å². The summed E-state index contributed by atoms with van der Waals surface area (Å²) in [6, 6.07) is 19.3. The van der Waals surface area contributed by atoms with Crippen molar-refractivity contribution in [2.24, 2.45) is 0 Å². The van der Waals surface area contributed by atoms with E-state index in [1.807, 2.05) is 60.8 Å². The number of hydrogen-bond donors (Lipinski definition) is 0. The van der Waals surface area contributed by atoms with Gasteiger partial charge in [0.2, 0.25) is 0 Å². The van der Waals surface area contributed by atoms with Gasteiger partial charge in [-0.3, -0.25) is 0 Å². The highest BCUT2D eigenvalue weighted by Crippen LogP contribution is 2.33. The predicted molar refractivity (Wildman–Crippen MR) is 101 cm³/mol. The minimum Gasteiger partial charge on any atom is -0.496 e. The van der Waals surface area contributed by atoms with Crippen LogP contribution in [0.15, 0.2) is 66.9 Å². The predicted octanol–water partition coefficient (Wildman–Crippen LogP) is 4.64. The molecule has 2 aromatic carbocycles. The first-order valence-corrected chi connectivity index (χ1v) is 8.48. The van der Waals surface area contributed by atoms with Gasteiger partial charge in [-0.05, 0) is 29.8 Å². The number of rotatable bonds is 5. The highest BCUT2D eigenvalue weighted by atomic mass is 35.5. The molecular formula is C20H16ClN3O2. The molecule has 0 radical (unpaired) electrons. The van der Waals surface area contributed by atoms with Crippen molar-refractivity contribution >= 4 is 17.2 Å². The van der Waals surface area contributed by atoms with E-state index in [0.29, 0.717) is 17.5 Å². The van der Waals surface area contributed by atoms with Crippen LogP contribution in [-0.4, -0.2) is 21.7 Å². The third-order valence-corrected chi connectivity index (χ3v) is 4.19. The zero-order chi connectivity index (χ0) is 17.9. The van der Waals surface area contributed by atoms with Crippen LogP contribution in [0.4, 0.5) is 0 Å². The number of halogens is 1. The molecule has 0 N–H and O–H groups in total. The third-order valence-electron chi connectivity index (χ3n) is 3.98. The SMILES string of the molecule is COc1cc(OCc2ccccc2)ccc1-c1cn2nc(Cl)ccc2n1. The van der Waals surface area contributed by atoms with E-state index >= 15 is 0 Å². The van der Waals surface area contributed by atoms with Gasteiger partial charge in [0.25, 0.3) is 0 Å². The summed E-state index contributed by atoms with van der Waals surface area (Å²) in [5.74, 6) is 1.42. The molecule has 2 aromatic heterocycles. The molecule has 0 fully saturated rings. The van der Waals surface area contributed by atoms with Crippen molar-refractivity contribution in [1.29, 1.82) is 0 Å². The van der Waals surface area contributed by atoms with Gasteiger partial charge in [-0.25, -0.2) is 9.50 Å². The van der Waals surface area contributed by atoms with Crippen LogP contribution in [0.2, 0.25) is 5.15 Å². The maximum Gasteiger partial charge on any atom is 0.154 e. The smallest absolute Gasteiger partial charge is 0.154 e. The van der Waals surface area contributed by atoms with E-state index in [-0.39, 0.29) is 0 Å². The quantitative estimate of drug-likeness (QED) is 0.517. The summed E-state index contributed by atoms with van der Waals surface area (Å²) >= 11 is 5.94. The second-order valence-electron chi connectivity index (χ2n) is 5.72. The van der Waals surface area contributed by atoms with E-state index in [1.54, 1.807) is 17.7 Å². The molecule has 0 unspecified atom stereocenters. The summed E-state index contributed by atoms with van der Waals surface area (Å²) in [5, 5.41) is 4.63. The Morgan fingerprint density at radius 1 is 1.04 bits per heavy atom. The van der Waals surface area contributed by atoms with Crippen LogP contribution >= 0.6 is 11.6 Å². The number of aromatic nitrogens is 3. The Kier molecular flexibility index (Phi) is 4.46. The second kappa shape index (κ2) is 7.06. The molecule has 0 amide bonds. The molecule has 0 aliphatic carbocycles. The standard InChI is InChI=1S/C20H16ClN3O2/c1-25-18-11-15(26-13-14-5-3-2-4-6-14)7-8-16(18)17-12-24-20(22-17)10-9-19(21)23-24/h2-12H,13H2,1H3. The topological polar surface area (TPSA) is 48.7 Å². The van der Waals surface area contributed by atoms with Crippen LogP contribution in [-0.2, 0) is 6.61 Å². The van der Waals surface area contributed by atoms with Crippen molar-refractivity contribution in [3.8, 4) is 22.8 Å². The molecule has 0 atom stereocenters. The summed E-state index contributed by atoms with van der Waals surface area (Å²) in [6.45, 7) is 0.500. The zero-order valence-electron chi connectivity index (χ0n) is 14.1. The Hall–Kier alpha value is -3.05. The van der Waals surface area contributed by atoms with Gasteiger partial charge in [-0.2, -0.15) is 5.10 Å². The van der Waals surface area contributed by atoms with Crippen molar-refractivity contribution in [3.05, 3.63) is 77.6 Å².